The third-order valence-electron chi connectivity index (χ3n) is 5.54. The Labute approximate surface area is 162 Å². The fourth-order valence-electron chi connectivity index (χ4n) is 3.98. The van der Waals surface area contributed by atoms with Crippen molar-refractivity contribution < 1.29 is 4.79 Å². The van der Waals surface area contributed by atoms with Crippen molar-refractivity contribution in [2.45, 2.75) is 25.4 Å². The fraction of sp³-hybridized carbons (Fsp3) is 0.227. The summed E-state index contributed by atoms with van der Waals surface area (Å²) in [5.41, 5.74) is 11.6. The molecule has 1 aliphatic heterocycles. The van der Waals surface area contributed by atoms with E-state index in [-0.39, 0.29) is 12.5 Å². The number of benzene rings is 2. The second-order valence-electron chi connectivity index (χ2n) is 7.53. The normalized spacial score (nSPS) is 15.7. The monoisotopic (exact) mass is 369 g/mol. The van der Waals surface area contributed by atoms with E-state index in [1.54, 1.807) is 11.0 Å². The van der Waals surface area contributed by atoms with Gasteiger partial charge in [-0.25, -0.2) is 0 Å². The third-order valence-corrected chi connectivity index (χ3v) is 5.54. The summed E-state index contributed by atoms with van der Waals surface area (Å²) < 4.78 is 2.10. The van der Waals surface area contributed by atoms with Gasteiger partial charge in [-0.05, 0) is 41.7 Å². The summed E-state index contributed by atoms with van der Waals surface area (Å²) in [5, 5.41) is 14.7. The van der Waals surface area contributed by atoms with E-state index in [0.29, 0.717) is 29.4 Å². The second kappa shape index (κ2) is 5.96. The predicted molar refractivity (Wildman–Crippen MR) is 107 cm³/mol. The SMILES string of the molecule is C=C(C#N)CN1Cc2c(-c3ccc4cnn(C5CC5)c4c3)ccc(N)c2C1=O. The number of nitriles is 1. The third kappa shape index (κ3) is 2.48. The van der Waals surface area contributed by atoms with Crippen molar-refractivity contribution in [3.05, 3.63) is 59.8 Å². The van der Waals surface area contributed by atoms with Crippen molar-refractivity contribution in [2.75, 3.05) is 12.3 Å². The molecule has 0 unspecified atom stereocenters. The summed E-state index contributed by atoms with van der Waals surface area (Å²) in [6.45, 7) is 4.35. The minimum atomic E-state index is -0.144. The zero-order chi connectivity index (χ0) is 19.4. The average molecular weight is 369 g/mol. The van der Waals surface area contributed by atoms with Gasteiger partial charge in [-0.3, -0.25) is 9.48 Å². The number of nitrogen functional groups attached to an aromatic ring is 1. The molecule has 0 atom stereocenters. The van der Waals surface area contributed by atoms with Crippen molar-refractivity contribution in [1.82, 2.24) is 14.7 Å². The topological polar surface area (TPSA) is 87.9 Å². The molecule has 5 rings (SSSR count). The first kappa shape index (κ1) is 16.6. The molecule has 1 aliphatic carbocycles. The number of hydrogen-bond donors (Lipinski definition) is 1. The Hall–Kier alpha value is -3.59. The number of amides is 1. The first-order valence-corrected chi connectivity index (χ1v) is 9.33. The Bertz CT molecular complexity index is 1200. The standard InChI is InChI=1S/C22H19N5O/c1-13(9-23)11-26-12-18-17(6-7-19(24)21(18)22(26)28)14-2-3-15-10-25-27(16-4-5-16)20(15)8-14/h2-3,6-8,10,16H,1,4-5,11-12,24H2. The van der Waals surface area contributed by atoms with Gasteiger partial charge in [0.25, 0.3) is 5.91 Å². The van der Waals surface area contributed by atoms with Crippen LogP contribution in [0.3, 0.4) is 0 Å². The molecule has 1 amide bonds. The van der Waals surface area contributed by atoms with Gasteiger partial charge in [-0.1, -0.05) is 24.8 Å². The van der Waals surface area contributed by atoms with Crippen LogP contribution in [0, 0.1) is 11.3 Å². The van der Waals surface area contributed by atoms with E-state index in [9.17, 15) is 4.79 Å². The largest absolute Gasteiger partial charge is 0.398 e. The Kier molecular flexibility index (Phi) is 3.53. The van der Waals surface area contributed by atoms with Crippen molar-refractivity contribution in [2.24, 2.45) is 0 Å². The summed E-state index contributed by atoms with van der Waals surface area (Å²) in [6, 6.07) is 12.6. The second-order valence-corrected chi connectivity index (χ2v) is 7.53. The maximum atomic E-state index is 12.9. The minimum absolute atomic E-state index is 0.144. The summed E-state index contributed by atoms with van der Waals surface area (Å²) >= 11 is 0. The lowest BCUT2D eigenvalue weighted by Crippen LogP contribution is -2.26. The number of nitrogens with zero attached hydrogens (tertiary/aromatic N) is 4. The van der Waals surface area contributed by atoms with Gasteiger partial charge in [0.2, 0.25) is 0 Å². The van der Waals surface area contributed by atoms with Crippen LogP contribution >= 0.6 is 0 Å². The van der Waals surface area contributed by atoms with Gasteiger partial charge in [0, 0.05) is 23.2 Å². The number of rotatable bonds is 4. The van der Waals surface area contributed by atoms with E-state index in [2.05, 4.69) is 34.6 Å². The molecule has 1 aromatic heterocycles. The summed E-state index contributed by atoms with van der Waals surface area (Å²) in [6.07, 6.45) is 4.25. The van der Waals surface area contributed by atoms with Crippen LogP contribution in [0.4, 0.5) is 5.69 Å². The van der Waals surface area contributed by atoms with Crippen LogP contribution in [-0.4, -0.2) is 27.1 Å². The summed E-state index contributed by atoms with van der Waals surface area (Å²) in [7, 11) is 0. The fourth-order valence-corrected chi connectivity index (χ4v) is 3.98. The number of carbonyl (C=O) groups is 1. The molecule has 6 nitrogen and oxygen atoms in total. The number of aromatic nitrogens is 2. The van der Waals surface area contributed by atoms with E-state index in [1.165, 1.54) is 12.8 Å². The highest BCUT2D eigenvalue weighted by Crippen LogP contribution is 2.40. The van der Waals surface area contributed by atoms with Crippen LogP contribution < -0.4 is 5.73 Å². The predicted octanol–water partition coefficient (Wildman–Crippen LogP) is 3.66. The van der Waals surface area contributed by atoms with E-state index in [4.69, 9.17) is 11.0 Å². The molecule has 0 bridgehead atoms. The van der Waals surface area contributed by atoms with Crippen LogP contribution in [0.25, 0.3) is 22.0 Å². The highest BCUT2D eigenvalue weighted by molar-refractivity contribution is 6.05. The first-order valence-electron chi connectivity index (χ1n) is 9.33. The van der Waals surface area contributed by atoms with Crippen LogP contribution in [0.1, 0.15) is 34.8 Å². The maximum absolute atomic E-state index is 12.9. The van der Waals surface area contributed by atoms with Crippen LogP contribution in [0.15, 0.2) is 48.7 Å². The Morgan fingerprint density at radius 2 is 2.14 bits per heavy atom. The lowest BCUT2D eigenvalue weighted by atomic mass is 9.95. The number of anilines is 1. The summed E-state index contributed by atoms with van der Waals surface area (Å²) in [5.74, 6) is -0.144. The van der Waals surface area contributed by atoms with Gasteiger partial charge in [0.1, 0.15) is 0 Å². The zero-order valence-electron chi connectivity index (χ0n) is 15.4. The minimum Gasteiger partial charge on any atom is -0.398 e. The van der Waals surface area contributed by atoms with Gasteiger partial charge in [-0.2, -0.15) is 10.4 Å². The van der Waals surface area contributed by atoms with E-state index in [0.717, 1.165) is 27.6 Å². The van der Waals surface area contributed by atoms with Crippen molar-refractivity contribution in [3.8, 4) is 17.2 Å². The number of hydrogen-bond acceptors (Lipinski definition) is 4. The van der Waals surface area contributed by atoms with Crippen LogP contribution in [-0.2, 0) is 6.54 Å². The lowest BCUT2D eigenvalue weighted by molar-refractivity contribution is 0.0794. The van der Waals surface area contributed by atoms with Gasteiger partial charge < -0.3 is 10.6 Å². The number of carbonyl (C=O) groups excluding carboxylic acids is 1. The van der Waals surface area contributed by atoms with Crippen molar-refractivity contribution >= 4 is 22.5 Å². The molecule has 138 valence electrons. The smallest absolute Gasteiger partial charge is 0.256 e. The zero-order valence-corrected chi connectivity index (χ0v) is 15.4. The lowest BCUT2D eigenvalue weighted by Gasteiger charge is -2.14. The molecule has 0 saturated heterocycles. The molecule has 0 radical (unpaired) electrons. The van der Waals surface area contributed by atoms with Crippen molar-refractivity contribution in [3.63, 3.8) is 0 Å². The molecule has 2 aliphatic rings. The summed E-state index contributed by atoms with van der Waals surface area (Å²) in [4.78, 5) is 14.5. The van der Waals surface area contributed by atoms with Crippen LogP contribution in [0.5, 0.6) is 0 Å². The molecule has 2 N–H and O–H groups in total. The Morgan fingerprint density at radius 3 is 2.89 bits per heavy atom. The first-order chi connectivity index (χ1) is 13.6. The molecular weight excluding hydrogens is 350 g/mol. The quantitative estimate of drug-likeness (QED) is 0.561. The van der Waals surface area contributed by atoms with E-state index in [1.807, 2.05) is 18.3 Å². The molecule has 2 aromatic carbocycles. The Balaban J connectivity index is 1.61. The highest BCUT2D eigenvalue weighted by atomic mass is 16.2. The maximum Gasteiger partial charge on any atom is 0.256 e. The van der Waals surface area contributed by atoms with Crippen molar-refractivity contribution in [1.29, 1.82) is 5.26 Å². The molecule has 0 spiro atoms. The van der Waals surface area contributed by atoms with Crippen LogP contribution in [0.2, 0.25) is 0 Å². The number of fused-ring (bicyclic) bond motifs is 2. The average Bonchev–Trinajstić information content (AvgIpc) is 3.37. The van der Waals surface area contributed by atoms with E-state index < -0.39 is 0 Å². The number of nitrogens with two attached hydrogens (primary N) is 1. The molecule has 6 heteroatoms. The van der Waals surface area contributed by atoms with Gasteiger partial charge in [0.05, 0.1) is 35.9 Å². The molecule has 3 aromatic rings. The molecular formula is C22H19N5O. The Morgan fingerprint density at radius 1 is 1.32 bits per heavy atom. The molecule has 2 heterocycles. The molecule has 1 fully saturated rings. The van der Waals surface area contributed by atoms with Gasteiger partial charge >= 0.3 is 0 Å². The molecule has 1 saturated carbocycles. The molecule has 28 heavy (non-hydrogen) atoms. The van der Waals surface area contributed by atoms with Gasteiger partial charge in [0.15, 0.2) is 0 Å². The van der Waals surface area contributed by atoms with E-state index >= 15 is 0 Å². The van der Waals surface area contributed by atoms with Gasteiger partial charge in [-0.15, -0.1) is 0 Å². The highest BCUT2D eigenvalue weighted by Gasteiger charge is 2.32.